The van der Waals surface area contributed by atoms with Gasteiger partial charge in [-0.3, -0.25) is 4.79 Å². The Labute approximate surface area is 100 Å². The third-order valence-corrected chi connectivity index (χ3v) is 2.51. The topological polar surface area (TPSA) is 68.0 Å². The van der Waals surface area contributed by atoms with Crippen LogP contribution < -0.4 is 11.1 Å². The molecule has 1 aromatic heterocycles. The first kappa shape index (κ1) is 13.6. The van der Waals surface area contributed by atoms with Crippen LogP contribution in [0.5, 0.6) is 0 Å². The second-order valence-electron chi connectivity index (χ2n) is 4.11. The van der Waals surface area contributed by atoms with Gasteiger partial charge in [0.25, 0.3) is 0 Å². The molecule has 94 valence electrons. The summed E-state index contributed by atoms with van der Waals surface area (Å²) in [7, 11) is 0. The number of amides is 1. The summed E-state index contributed by atoms with van der Waals surface area (Å²) in [5, 5.41) is 2.56. The second kappa shape index (κ2) is 6.96. The van der Waals surface area contributed by atoms with Gasteiger partial charge >= 0.3 is 0 Å². The summed E-state index contributed by atoms with van der Waals surface area (Å²) in [5.74, 6) is -0.0704. The number of carbonyl (C=O) groups excluding carboxylic acids is 1. The van der Waals surface area contributed by atoms with Crippen molar-refractivity contribution in [1.82, 2.24) is 4.98 Å². The van der Waals surface area contributed by atoms with Crippen LogP contribution in [-0.2, 0) is 4.79 Å². The molecule has 1 amide bonds. The summed E-state index contributed by atoms with van der Waals surface area (Å²) < 4.78 is 12.8. The van der Waals surface area contributed by atoms with Gasteiger partial charge in [-0.1, -0.05) is 13.0 Å². The maximum Gasteiger partial charge on any atom is 0.225 e. The Morgan fingerprint density at radius 3 is 2.94 bits per heavy atom. The zero-order valence-corrected chi connectivity index (χ0v) is 9.95. The van der Waals surface area contributed by atoms with Gasteiger partial charge in [0.05, 0.1) is 0 Å². The molecule has 3 N–H and O–H groups in total. The fourth-order valence-corrected chi connectivity index (χ4v) is 1.49. The van der Waals surface area contributed by atoms with Gasteiger partial charge in [-0.25, -0.2) is 4.98 Å². The Balaban J connectivity index is 2.34. The summed E-state index contributed by atoms with van der Waals surface area (Å²) in [6.07, 6.45) is 2.09. The molecule has 1 heterocycles. The van der Waals surface area contributed by atoms with Crippen molar-refractivity contribution in [3.63, 3.8) is 0 Å². The van der Waals surface area contributed by atoms with Gasteiger partial charge in [0.2, 0.25) is 11.9 Å². The summed E-state index contributed by atoms with van der Waals surface area (Å²) in [4.78, 5) is 15.1. The molecule has 1 aromatic rings. The molecule has 0 aliphatic carbocycles. The smallest absolute Gasteiger partial charge is 0.225 e. The number of nitrogens with zero attached hydrogens (tertiary/aromatic N) is 1. The summed E-state index contributed by atoms with van der Waals surface area (Å²) in [6, 6.07) is 4.30. The summed E-state index contributed by atoms with van der Waals surface area (Å²) in [6.45, 7) is 2.69. The lowest BCUT2D eigenvalue weighted by molar-refractivity contribution is -0.116. The first-order valence-electron chi connectivity index (χ1n) is 5.74. The zero-order valence-electron chi connectivity index (χ0n) is 9.95. The molecule has 1 atom stereocenters. The van der Waals surface area contributed by atoms with E-state index < -0.39 is 5.95 Å². The van der Waals surface area contributed by atoms with Crippen molar-refractivity contribution in [3.05, 3.63) is 24.1 Å². The highest BCUT2D eigenvalue weighted by atomic mass is 19.1. The predicted molar refractivity (Wildman–Crippen MR) is 64.9 cm³/mol. The highest BCUT2D eigenvalue weighted by Gasteiger charge is 2.07. The first-order chi connectivity index (χ1) is 8.11. The zero-order chi connectivity index (χ0) is 12.7. The van der Waals surface area contributed by atoms with Crippen molar-refractivity contribution >= 4 is 11.7 Å². The number of halogens is 1. The largest absolute Gasteiger partial charge is 0.330 e. The van der Waals surface area contributed by atoms with Gasteiger partial charge in [0.1, 0.15) is 5.82 Å². The van der Waals surface area contributed by atoms with Crippen molar-refractivity contribution < 1.29 is 9.18 Å². The molecule has 5 heteroatoms. The number of nitrogens with one attached hydrogen (secondary N) is 1. The molecule has 0 fully saturated rings. The van der Waals surface area contributed by atoms with E-state index in [1.165, 1.54) is 12.1 Å². The molecule has 4 nitrogen and oxygen atoms in total. The van der Waals surface area contributed by atoms with E-state index >= 15 is 0 Å². The number of nitrogens with two attached hydrogens (primary N) is 1. The van der Waals surface area contributed by atoms with Crippen LogP contribution in [0.4, 0.5) is 10.2 Å². The maximum atomic E-state index is 12.8. The number of pyridine rings is 1. The standard InChI is InChI=1S/C12H18FN3O/c1-9(7-8-14)5-6-12(17)16-11-4-2-3-10(13)15-11/h2-4,9H,5-8,14H2,1H3,(H,15,16,17). The maximum absolute atomic E-state index is 12.8. The molecule has 17 heavy (non-hydrogen) atoms. The van der Waals surface area contributed by atoms with Crippen LogP contribution in [0, 0.1) is 11.9 Å². The third-order valence-electron chi connectivity index (χ3n) is 2.51. The molecule has 1 rings (SSSR count). The van der Waals surface area contributed by atoms with E-state index in [0.717, 1.165) is 12.8 Å². The first-order valence-corrected chi connectivity index (χ1v) is 5.74. The number of carbonyl (C=O) groups is 1. The molecule has 0 aliphatic heterocycles. The average molecular weight is 239 g/mol. The van der Waals surface area contributed by atoms with E-state index in [1.54, 1.807) is 6.07 Å². The van der Waals surface area contributed by atoms with Gasteiger partial charge in [0.15, 0.2) is 0 Å². The van der Waals surface area contributed by atoms with Crippen molar-refractivity contribution in [2.45, 2.75) is 26.2 Å². The molecule has 0 radical (unpaired) electrons. The average Bonchev–Trinajstić information content (AvgIpc) is 2.27. The number of rotatable bonds is 6. The number of hydrogen-bond donors (Lipinski definition) is 2. The Kier molecular flexibility index (Phi) is 5.56. The quantitative estimate of drug-likeness (QED) is 0.745. The lowest BCUT2D eigenvalue weighted by Gasteiger charge is -2.09. The molecule has 1 unspecified atom stereocenters. The normalized spacial score (nSPS) is 12.2. The van der Waals surface area contributed by atoms with Gasteiger partial charge < -0.3 is 11.1 Å². The van der Waals surface area contributed by atoms with Crippen LogP contribution in [0.2, 0.25) is 0 Å². The lowest BCUT2D eigenvalue weighted by atomic mass is 10.0. The van der Waals surface area contributed by atoms with Crippen LogP contribution in [0.15, 0.2) is 18.2 Å². The number of anilines is 1. The highest BCUT2D eigenvalue weighted by molar-refractivity contribution is 5.89. The summed E-state index contributed by atoms with van der Waals surface area (Å²) in [5.41, 5.74) is 5.42. The number of hydrogen-bond acceptors (Lipinski definition) is 3. The van der Waals surface area contributed by atoms with Gasteiger partial charge in [0, 0.05) is 6.42 Å². The van der Waals surface area contributed by atoms with Gasteiger partial charge in [-0.05, 0) is 37.4 Å². The molecule has 0 bridgehead atoms. The summed E-state index contributed by atoms with van der Waals surface area (Å²) >= 11 is 0. The van der Waals surface area contributed by atoms with Crippen molar-refractivity contribution in [2.24, 2.45) is 11.7 Å². The molecular weight excluding hydrogens is 221 g/mol. The van der Waals surface area contributed by atoms with Crippen molar-refractivity contribution in [2.75, 3.05) is 11.9 Å². The molecular formula is C12H18FN3O. The fraction of sp³-hybridized carbons (Fsp3) is 0.500. The molecule has 0 aromatic carbocycles. The Morgan fingerprint density at radius 1 is 1.53 bits per heavy atom. The highest BCUT2D eigenvalue weighted by Crippen LogP contribution is 2.10. The molecule has 0 aliphatic rings. The van der Waals surface area contributed by atoms with E-state index in [0.29, 0.717) is 18.9 Å². The fourth-order valence-electron chi connectivity index (χ4n) is 1.49. The van der Waals surface area contributed by atoms with Crippen LogP contribution in [0.1, 0.15) is 26.2 Å². The van der Waals surface area contributed by atoms with Crippen molar-refractivity contribution in [3.8, 4) is 0 Å². The minimum absolute atomic E-state index is 0.146. The van der Waals surface area contributed by atoms with Crippen LogP contribution >= 0.6 is 0 Å². The molecule has 0 saturated heterocycles. The molecule has 0 saturated carbocycles. The van der Waals surface area contributed by atoms with Crippen LogP contribution in [0.25, 0.3) is 0 Å². The third kappa shape index (κ3) is 5.40. The Morgan fingerprint density at radius 2 is 2.29 bits per heavy atom. The van der Waals surface area contributed by atoms with E-state index in [9.17, 15) is 9.18 Å². The lowest BCUT2D eigenvalue weighted by Crippen LogP contribution is -2.15. The van der Waals surface area contributed by atoms with E-state index in [-0.39, 0.29) is 11.7 Å². The minimum Gasteiger partial charge on any atom is -0.330 e. The Hall–Kier alpha value is -1.49. The van der Waals surface area contributed by atoms with E-state index in [4.69, 9.17) is 5.73 Å². The van der Waals surface area contributed by atoms with Crippen LogP contribution in [-0.4, -0.2) is 17.4 Å². The minimum atomic E-state index is -0.598. The number of aromatic nitrogens is 1. The van der Waals surface area contributed by atoms with Crippen molar-refractivity contribution in [1.29, 1.82) is 0 Å². The van der Waals surface area contributed by atoms with Crippen LogP contribution in [0.3, 0.4) is 0 Å². The van der Waals surface area contributed by atoms with E-state index in [1.807, 2.05) is 0 Å². The SMILES string of the molecule is CC(CCN)CCC(=O)Nc1cccc(F)n1. The monoisotopic (exact) mass is 239 g/mol. The van der Waals surface area contributed by atoms with Gasteiger partial charge in [-0.15, -0.1) is 0 Å². The molecule has 0 spiro atoms. The second-order valence-corrected chi connectivity index (χ2v) is 4.11. The predicted octanol–water partition coefficient (Wildman–Crippen LogP) is 1.92. The van der Waals surface area contributed by atoms with Gasteiger partial charge in [-0.2, -0.15) is 4.39 Å². The Bertz CT molecular complexity index is 371. The van der Waals surface area contributed by atoms with E-state index in [2.05, 4.69) is 17.2 Å².